The van der Waals surface area contributed by atoms with E-state index in [0.29, 0.717) is 19.4 Å². The van der Waals surface area contributed by atoms with Gasteiger partial charge in [0, 0.05) is 33.2 Å². The number of hydrogen-bond acceptors (Lipinski definition) is 4. The lowest BCUT2D eigenvalue weighted by Crippen LogP contribution is -2.38. The van der Waals surface area contributed by atoms with Gasteiger partial charge in [0.1, 0.15) is 11.6 Å². The topological polar surface area (TPSA) is 44.8 Å². The number of benzene rings is 3. The first kappa shape index (κ1) is 26.1. The number of rotatable bonds is 8. The molecule has 1 fully saturated rings. The molecule has 1 N–H and O–H groups in total. The maximum absolute atomic E-state index is 14.1. The zero-order valence-electron chi connectivity index (χ0n) is 21.7. The lowest BCUT2D eigenvalue weighted by atomic mass is 9.92. The Kier molecular flexibility index (Phi) is 8.15. The van der Waals surface area contributed by atoms with Gasteiger partial charge in [-0.2, -0.15) is 0 Å². The zero-order valence-corrected chi connectivity index (χ0v) is 21.7. The van der Waals surface area contributed by atoms with Crippen LogP contribution in [0.25, 0.3) is 11.6 Å². The molecule has 198 valence electrons. The maximum Gasteiger partial charge on any atom is 0.214 e. The van der Waals surface area contributed by atoms with Gasteiger partial charge >= 0.3 is 0 Å². The second-order valence-electron chi connectivity index (χ2n) is 9.79. The van der Waals surface area contributed by atoms with Crippen LogP contribution in [0.5, 0.6) is 0 Å². The lowest BCUT2D eigenvalue weighted by Gasteiger charge is -2.28. The molecule has 7 heteroatoms. The van der Waals surface area contributed by atoms with Crippen LogP contribution >= 0.6 is 0 Å². The minimum atomic E-state index is -0.273. The molecule has 0 aromatic heterocycles. The molecule has 5 rings (SSSR count). The molecule has 0 unspecified atom stereocenters. The Morgan fingerprint density at radius 1 is 0.947 bits per heavy atom. The first-order chi connectivity index (χ1) is 18.6. The largest absolute Gasteiger partial charge is 0.386 e. The van der Waals surface area contributed by atoms with Crippen LogP contribution in [0.1, 0.15) is 34.2 Å². The standard InChI is InChI=1S/C31H33F2N3O2/c1-34-30-18-22(3-10-31(30)36(21-37)12-2-11-35-13-15-38-16-14-35)17-29-27-8-6-25(32)19-23(27)4-5-24-20-26(33)7-9-28(24)29/h3,6-10,17-21,34H,2,4-5,11-16H2,1H3. The molecule has 38 heavy (non-hydrogen) atoms. The molecule has 1 amide bonds. The van der Waals surface area contributed by atoms with Gasteiger partial charge in [-0.25, -0.2) is 8.78 Å². The summed E-state index contributed by atoms with van der Waals surface area (Å²) in [6, 6.07) is 15.7. The van der Waals surface area contributed by atoms with Crippen LogP contribution in [0, 0.1) is 11.6 Å². The summed E-state index contributed by atoms with van der Waals surface area (Å²) < 4.78 is 33.6. The van der Waals surface area contributed by atoms with Gasteiger partial charge in [-0.3, -0.25) is 9.69 Å². The van der Waals surface area contributed by atoms with Gasteiger partial charge in [0.05, 0.1) is 24.6 Å². The number of aryl methyl sites for hydroxylation is 2. The van der Waals surface area contributed by atoms with Crippen molar-refractivity contribution >= 4 is 29.4 Å². The second kappa shape index (κ2) is 11.9. The quantitative estimate of drug-likeness (QED) is 0.408. The fraction of sp³-hybridized carbons (Fsp3) is 0.323. The maximum atomic E-state index is 14.1. The van der Waals surface area contributed by atoms with E-state index >= 15 is 0 Å². The van der Waals surface area contributed by atoms with Crippen LogP contribution in [0.4, 0.5) is 20.2 Å². The third-order valence-corrected chi connectivity index (χ3v) is 7.39. The van der Waals surface area contributed by atoms with Gasteiger partial charge < -0.3 is 15.0 Å². The third kappa shape index (κ3) is 5.79. The Balaban J connectivity index is 1.45. The molecule has 1 heterocycles. The molecule has 1 aliphatic carbocycles. The minimum absolute atomic E-state index is 0.273. The van der Waals surface area contributed by atoms with Crippen molar-refractivity contribution in [3.05, 3.63) is 94.0 Å². The molecule has 3 aromatic rings. The van der Waals surface area contributed by atoms with Crippen molar-refractivity contribution in [1.82, 2.24) is 4.90 Å². The van der Waals surface area contributed by atoms with E-state index in [-0.39, 0.29) is 11.6 Å². The third-order valence-electron chi connectivity index (χ3n) is 7.39. The van der Waals surface area contributed by atoms with Crippen molar-refractivity contribution in [1.29, 1.82) is 0 Å². The number of carbonyl (C=O) groups is 1. The van der Waals surface area contributed by atoms with Crippen molar-refractivity contribution in [2.45, 2.75) is 19.3 Å². The fourth-order valence-corrected chi connectivity index (χ4v) is 5.41. The minimum Gasteiger partial charge on any atom is -0.386 e. The number of carbonyl (C=O) groups excluding carboxylic acids is 1. The van der Waals surface area contributed by atoms with Gasteiger partial charge in [0.15, 0.2) is 0 Å². The predicted molar refractivity (Wildman–Crippen MR) is 148 cm³/mol. The number of nitrogens with zero attached hydrogens (tertiary/aromatic N) is 2. The van der Waals surface area contributed by atoms with Crippen molar-refractivity contribution in [2.75, 3.05) is 56.7 Å². The van der Waals surface area contributed by atoms with E-state index in [1.807, 2.05) is 37.4 Å². The SMILES string of the molecule is CNc1cc(C=C2c3ccc(F)cc3CCc3cc(F)ccc32)ccc1N(C=O)CCCN1CCOCC1. The highest BCUT2D eigenvalue weighted by atomic mass is 19.1. The smallest absolute Gasteiger partial charge is 0.214 e. The van der Waals surface area contributed by atoms with Gasteiger partial charge in [-0.1, -0.05) is 18.2 Å². The molecule has 1 aliphatic heterocycles. The molecular formula is C31H33F2N3O2. The number of hydrogen-bond donors (Lipinski definition) is 1. The van der Waals surface area contributed by atoms with Crippen LogP contribution < -0.4 is 10.2 Å². The zero-order chi connectivity index (χ0) is 26.5. The number of ether oxygens (including phenoxy) is 1. The van der Waals surface area contributed by atoms with E-state index in [0.717, 1.165) is 90.4 Å². The normalized spacial score (nSPS) is 15.3. The molecule has 1 saturated heterocycles. The Morgan fingerprint density at radius 3 is 2.21 bits per heavy atom. The molecule has 2 aliphatic rings. The Labute approximate surface area is 222 Å². The summed E-state index contributed by atoms with van der Waals surface area (Å²) in [7, 11) is 1.84. The summed E-state index contributed by atoms with van der Waals surface area (Å²) in [5.41, 5.74) is 7.23. The van der Waals surface area contributed by atoms with Crippen LogP contribution in [0.2, 0.25) is 0 Å². The van der Waals surface area contributed by atoms with E-state index in [2.05, 4.69) is 16.3 Å². The molecule has 0 spiro atoms. The highest BCUT2D eigenvalue weighted by Crippen LogP contribution is 2.37. The number of anilines is 2. The number of halogens is 2. The summed E-state index contributed by atoms with van der Waals surface area (Å²) in [5, 5.41) is 3.24. The van der Waals surface area contributed by atoms with Crippen molar-refractivity contribution in [3.8, 4) is 0 Å². The molecule has 0 saturated carbocycles. The van der Waals surface area contributed by atoms with Gasteiger partial charge in [-0.05, 0) is 95.1 Å². The van der Waals surface area contributed by atoms with Gasteiger partial charge in [0.25, 0.3) is 0 Å². The second-order valence-corrected chi connectivity index (χ2v) is 9.79. The highest BCUT2D eigenvalue weighted by Gasteiger charge is 2.20. The molecule has 0 atom stereocenters. The van der Waals surface area contributed by atoms with E-state index in [4.69, 9.17) is 4.74 Å². The predicted octanol–water partition coefficient (Wildman–Crippen LogP) is 5.38. The molecule has 5 nitrogen and oxygen atoms in total. The Hall–Kier alpha value is -3.55. The van der Waals surface area contributed by atoms with Crippen LogP contribution in [-0.2, 0) is 22.4 Å². The summed E-state index contributed by atoms with van der Waals surface area (Å²) in [5.74, 6) is -0.547. The number of morpholine rings is 1. The van der Waals surface area contributed by atoms with Crippen molar-refractivity contribution in [2.24, 2.45) is 0 Å². The average molecular weight is 518 g/mol. The Bertz CT molecular complexity index is 1280. The van der Waals surface area contributed by atoms with Gasteiger partial charge in [0.2, 0.25) is 6.41 Å². The van der Waals surface area contributed by atoms with E-state index < -0.39 is 0 Å². The monoisotopic (exact) mass is 517 g/mol. The average Bonchev–Trinajstić information content (AvgIpc) is 3.08. The Morgan fingerprint density at radius 2 is 1.61 bits per heavy atom. The van der Waals surface area contributed by atoms with Crippen molar-refractivity contribution < 1.29 is 18.3 Å². The summed E-state index contributed by atoms with van der Waals surface area (Å²) >= 11 is 0. The van der Waals surface area contributed by atoms with Crippen LogP contribution in [-0.4, -0.2) is 57.8 Å². The fourth-order valence-electron chi connectivity index (χ4n) is 5.41. The highest BCUT2D eigenvalue weighted by molar-refractivity contribution is 5.95. The first-order valence-electron chi connectivity index (χ1n) is 13.2. The van der Waals surface area contributed by atoms with E-state index in [1.165, 1.54) is 12.1 Å². The van der Waals surface area contributed by atoms with E-state index in [9.17, 15) is 13.6 Å². The number of amides is 1. The summed E-state index contributed by atoms with van der Waals surface area (Å²) in [4.78, 5) is 16.1. The molecule has 0 radical (unpaired) electrons. The molecular weight excluding hydrogens is 484 g/mol. The first-order valence-corrected chi connectivity index (χ1v) is 13.2. The number of fused-ring (bicyclic) bond motifs is 2. The number of nitrogens with one attached hydrogen (secondary N) is 1. The summed E-state index contributed by atoms with van der Waals surface area (Å²) in [6.07, 6.45) is 5.09. The van der Waals surface area contributed by atoms with Crippen molar-refractivity contribution in [3.63, 3.8) is 0 Å². The van der Waals surface area contributed by atoms with Crippen LogP contribution in [0.3, 0.4) is 0 Å². The lowest BCUT2D eigenvalue weighted by molar-refractivity contribution is -0.107. The van der Waals surface area contributed by atoms with E-state index in [1.54, 1.807) is 17.0 Å². The molecule has 3 aromatic carbocycles. The summed E-state index contributed by atoms with van der Waals surface area (Å²) in [6.45, 7) is 4.92. The molecule has 0 bridgehead atoms. The van der Waals surface area contributed by atoms with Gasteiger partial charge in [-0.15, -0.1) is 0 Å². The van der Waals surface area contributed by atoms with Crippen LogP contribution in [0.15, 0.2) is 54.6 Å².